The molecule has 86 valence electrons. The predicted octanol–water partition coefficient (Wildman–Crippen LogP) is 1.05. The van der Waals surface area contributed by atoms with E-state index in [9.17, 15) is 9.90 Å². The van der Waals surface area contributed by atoms with Crippen molar-refractivity contribution < 1.29 is 9.90 Å². The van der Waals surface area contributed by atoms with Gasteiger partial charge in [0.1, 0.15) is 0 Å². The van der Waals surface area contributed by atoms with Crippen LogP contribution in [0.5, 0.6) is 0 Å². The molecule has 3 rings (SSSR count). The summed E-state index contributed by atoms with van der Waals surface area (Å²) < 4.78 is 0. The SMILES string of the molecule is Cc1csc(C(=O)N2CC(O)C3(CC3)C2)n1. The van der Waals surface area contributed by atoms with E-state index in [0.29, 0.717) is 18.1 Å². The summed E-state index contributed by atoms with van der Waals surface area (Å²) in [6.45, 7) is 3.05. The quantitative estimate of drug-likeness (QED) is 0.795. The first kappa shape index (κ1) is 10.2. The molecule has 1 aromatic heterocycles. The molecule has 1 amide bonds. The summed E-state index contributed by atoms with van der Waals surface area (Å²) in [6.07, 6.45) is 1.77. The molecule has 2 aliphatic rings. The fraction of sp³-hybridized carbons (Fsp3) is 0.636. The molecule has 16 heavy (non-hydrogen) atoms. The molecule has 1 saturated carbocycles. The number of aliphatic hydroxyl groups excluding tert-OH is 1. The van der Waals surface area contributed by atoms with Crippen LogP contribution in [0.3, 0.4) is 0 Å². The predicted molar refractivity (Wildman–Crippen MR) is 60.4 cm³/mol. The fourth-order valence-electron chi connectivity index (χ4n) is 2.35. The van der Waals surface area contributed by atoms with Crippen molar-refractivity contribution in [1.82, 2.24) is 9.88 Å². The van der Waals surface area contributed by atoms with Crippen molar-refractivity contribution in [3.8, 4) is 0 Å². The van der Waals surface area contributed by atoms with Crippen LogP contribution in [0.2, 0.25) is 0 Å². The lowest BCUT2D eigenvalue weighted by molar-refractivity contribution is 0.0764. The van der Waals surface area contributed by atoms with Gasteiger partial charge >= 0.3 is 0 Å². The Morgan fingerprint density at radius 1 is 1.69 bits per heavy atom. The summed E-state index contributed by atoms with van der Waals surface area (Å²) in [6, 6.07) is 0. The number of aromatic nitrogens is 1. The second kappa shape index (κ2) is 3.28. The molecule has 1 aliphatic carbocycles. The van der Waals surface area contributed by atoms with Crippen LogP contribution in [-0.2, 0) is 0 Å². The maximum Gasteiger partial charge on any atom is 0.282 e. The number of rotatable bonds is 1. The summed E-state index contributed by atoms with van der Waals surface area (Å²) in [5, 5.41) is 12.3. The number of hydrogen-bond donors (Lipinski definition) is 1. The van der Waals surface area contributed by atoms with E-state index in [2.05, 4.69) is 4.98 Å². The highest BCUT2D eigenvalue weighted by molar-refractivity contribution is 7.11. The first-order chi connectivity index (χ1) is 7.61. The zero-order valence-electron chi connectivity index (χ0n) is 9.14. The van der Waals surface area contributed by atoms with Crippen LogP contribution in [-0.4, -0.2) is 40.1 Å². The Morgan fingerprint density at radius 2 is 2.44 bits per heavy atom. The molecule has 1 spiro atoms. The van der Waals surface area contributed by atoms with Gasteiger partial charge in [0.2, 0.25) is 0 Å². The second-order valence-electron chi connectivity index (χ2n) is 4.86. The molecule has 2 fully saturated rings. The van der Waals surface area contributed by atoms with Gasteiger partial charge in [0.15, 0.2) is 5.01 Å². The van der Waals surface area contributed by atoms with E-state index in [4.69, 9.17) is 0 Å². The number of aryl methyl sites for hydroxylation is 1. The molecule has 2 heterocycles. The van der Waals surface area contributed by atoms with Gasteiger partial charge in [-0.3, -0.25) is 4.79 Å². The Bertz CT molecular complexity index is 439. The minimum Gasteiger partial charge on any atom is -0.391 e. The van der Waals surface area contributed by atoms with Gasteiger partial charge in [-0.1, -0.05) is 0 Å². The van der Waals surface area contributed by atoms with Crippen LogP contribution in [0, 0.1) is 12.3 Å². The van der Waals surface area contributed by atoms with Gasteiger partial charge in [-0.2, -0.15) is 0 Å². The van der Waals surface area contributed by atoms with E-state index in [1.165, 1.54) is 11.3 Å². The molecule has 4 nitrogen and oxygen atoms in total. The van der Waals surface area contributed by atoms with Gasteiger partial charge < -0.3 is 10.0 Å². The van der Waals surface area contributed by atoms with Crippen molar-refractivity contribution >= 4 is 17.2 Å². The maximum atomic E-state index is 12.1. The second-order valence-corrected chi connectivity index (χ2v) is 5.72. The van der Waals surface area contributed by atoms with Crippen molar-refractivity contribution in [2.75, 3.05) is 13.1 Å². The molecule has 5 heteroatoms. The third-order valence-corrected chi connectivity index (χ3v) is 4.54. The zero-order valence-corrected chi connectivity index (χ0v) is 9.96. The van der Waals surface area contributed by atoms with E-state index in [0.717, 1.165) is 18.5 Å². The van der Waals surface area contributed by atoms with E-state index in [1.807, 2.05) is 12.3 Å². The van der Waals surface area contributed by atoms with E-state index in [1.54, 1.807) is 4.90 Å². The van der Waals surface area contributed by atoms with Crippen molar-refractivity contribution in [3.63, 3.8) is 0 Å². The Hall–Kier alpha value is -0.940. The molecule has 0 bridgehead atoms. The summed E-state index contributed by atoms with van der Waals surface area (Å²) >= 11 is 1.38. The smallest absolute Gasteiger partial charge is 0.282 e. The highest BCUT2D eigenvalue weighted by atomic mass is 32.1. The van der Waals surface area contributed by atoms with Crippen LogP contribution in [0.15, 0.2) is 5.38 Å². The number of amides is 1. The topological polar surface area (TPSA) is 53.4 Å². The standard InChI is InChI=1S/C11H14N2O2S/c1-7-5-16-9(12-7)10(15)13-4-8(14)11(6-13)2-3-11/h5,8,14H,2-4,6H2,1H3. The number of carbonyl (C=O) groups excluding carboxylic acids is 1. The minimum absolute atomic E-state index is 0.0269. The normalized spacial score (nSPS) is 26.4. The van der Waals surface area contributed by atoms with Crippen molar-refractivity contribution in [1.29, 1.82) is 0 Å². The molecular formula is C11H14N2O2S. The van der Waals surface area contributed by atoms with Crippen LogP contribution >= 0.6 is 11.3 Å². The lowest BCUT2D eigenvalue weighted by Crippen LogP contribution is -2.29. The molecule has 0 aromatic carbocycles. The van der Waals surface area contributed by atoms with Crippen molar-refractivity contribution in [2.24, 2.45) is 5.41 Å². The highest BCUT2D eigenvalue weighted by Crippen LogP contribution is 2.52. The number of carbonyl (C=O) groups is 1. The van der Waals surface area contributed by atoms with Crippen molar-refractivity contribution in [3.05, 3.63) is 16.1 Å². The van der Waals surface area contributed by atoms with Gasteiger partial charge in [0.25, 0.3) is 5.91 Å². The highest BCUT2D eigenvalue weighted by Gasteiger charge is 2.55. The fourth-order valence-corrected chi connectivity index (χ4v) is 3.11. The lowest BCUT2D eigenvalue weighted by Gasteiger charge is -2.13. The van der Waals surface area contributed by atoms with Crippen LogP contribution in [0.25, 0.3) is 0 Å². The number of thiazole rings is 1. The lowest BCUT2D eigenvalue weighted by atomic mass is 10.0. The Labute approximate surface area is 97.9 Å². The zero-order chi connectivity index (χ0) is 11.3. The molecule has 1 aromatic rings. The van der Waals surface area contributed by atoms with E-state index >= 15 is 0 Å². The van der Waals surface area contributed by atoms with Gasteiger partial charge in [0.05, 0.1) is 6.10 Å². The number of likely N-dealkylation sites (tertiary alicyclic amines) is 1. The van der Waals surface area contributed by atoms with Gasteiger partial charge in [-0.25, -0.2) is 4.98 Å². The van der Waals surface area contributed by atoms with Gasteiger partial charge in [0, 0.05) is 29.6 Å². The summed E-state index contributed by atoms with van der Waals surface area (Å²) in [5.41, 5.74) is 0.913. The maximum absolute atomic E-state index is 12.1. The van der Waals surface area contributed by atoms with Crippen LogP contribution in [0.4, 0.5) is 0 Å². The Morgan fingerprint density at radius 3 is 2.94 bits per heavy atom. The average molecular weight is 238 g/mol. The third-order valence-electron chi connectivity index (χ3n) is 3.59. The molecule has 1 unspecified atom stereocenters. The van der Waals surface area contributed by atoms with Crippen LogP contribution < -0.4 is 0 Å². The van der Waals surface area contributed by atoms with Gasteiger partial charge in [-0.05, 0) is 19.8 Å². The first-order valence-corrected chi connectivity index (χ1v) is 6.38. The monoisotopic (exact) mass is 238 g/mol. The summed E-state index contributed by atoms with van der Waals surface area (Å²) in [7, 11) is 0. The van der Waals surface area contributed by atoms with Crippen molar-refractivity contribution in [2.45, 2.75) is 25.9 Å². The molecular weight excluding hydrogens is 224 g/mol. The molecule has 1 atom stereocenters. The molecule has 0 radical (unpaired) electrons. The molecule has 1 saturated heterocycles. The van der Waals surface area contributed by atoms with Crippen LogP contribution in [0.1, 0.15) is 28.3 Å². The largest absolute Gasteiger partial charge is 0.391 e. The number of hydrogen-bond acceptors (Lipinski definition) is 4. The number of aliphatic hydroxyl groups is 1. The first-order valence-electron chi connectivity index (χ1n) is 5.50. The summed E-state index contributed by atoms with van der Waals surface area (Å²) in [4.78, 5) is 18.0. The van der Waals surface area contributed by atoms with E-state index < -0.39 is 0 Å². The number of nitrogens with zero attached hydrogens (tertiary/aromatic N) is 2. The number of β-amino-alcohol motifs (C(OH)–C–C–N with tert-alkyl or cyclic N) is 1. The minimum atomic E-state index is -0.336. The molecule has 1 N–H and O–H groups in total. The Balaban J connectivity index is 1.77. The third kappa shape index (κ3) is 1.46. The van der Waals surface area contributed by atoms with E-state index in [-0.39, 0.29) is 17.4 Å². The summed E-state index contributed by atoms with van der Waals surface area (Å²) in [5.74, 6) is -0.0269. The average Bonchev–Trinajstić information content (AvgIpc) is 2.78. The van der Waals surface area contributed by atoms with Gasteiger partial charge in [-0.15, -0.1) is 11.3 Å². The Kier molecular flexibility index (Phi) is 2.09. The molecule has 1 aliphatic heterocycles.